The number of nitrogens with one attached hydrogen (secondary N) is 1. The molecule has 0 heterocycles. The summed E-state index contributed by atoms with van der Waals surface area (Å²) < 4.78 is 35.0. The van der Waals surface area contributed by atoms with Crippen LogP contribution >= 0.6 is 11.6 Å². The number of benzene rings is 4. The van der Waals surface area contributed by atoms with Gasteiger partial charge in [-0.1, -0.05) is 85.1 Å². The first kappa shape index (κ1) is 34.0. The molecule has 1 atom stereocenters. The lowest BCUT2D eigenvalue weighted by Gasteiger charge is -2.34. The molecule has 0 saturated heterocycles. The van der Waals surface area contributed by atoms with Gasteiger partial charge in [-0.05, 0) is 79.4 Å². The highest BCUT2D eigenvalue weighted by molar-refractivity contribution is 7.92. The number of carbonyl (C=O) groups is 2. The third-order valence-corrected chi connectivity index (χ3v) is 10.3. The van der Waals surface area contributed by atoms with E-state index in [1.165, 1.54) is 17.0 Å². The van der Waals surface area contributed by atoms with Crippen LogP contribution in [0.4, 0.5) is 5.69 Å². The lowest BCUT2D eigenvalue weighted by Crippen LogP contribution is -2.54. The van der Waals surface area contributed by atoms with E-state index in [-0.39, 0.29) is 29.8 Å². The Morgan fingerprint density at radius 3 is 2.15 bits per heavy atom. The monoisotopic (exact) mass is 673 g/mol. The highest BCUT2D eigenvalue weighted by atomic mass is 35.5. The van der Waals surface area contributed by atoms with E-state index in [0.29, 0.717) is 23.1 Å². The topological polar surface area (TPSA) is 96.0 Å². The summed E-state index contributed by atoms with van der Waals surface area (Å²) in [4.78, 5) is 30.3. The van der Waals surface area contributed by atoms with E-state index in [1.807, 2.05) is 43.3 Å². The van der Waals surface area contributed by atoms with Gasteiger partial charge in [-0.2, -0.15) is 0 Å². The van der Waals surface area contributed by atoms with Gasteiger partial charge in [0.05, 0.1) is 17.2 Å². The van der Waals surface area contributed by atoms with Gasteiger partial charge in [-0.3, -0.25) is 13.9 Å². The van der Waals surface area contributed by atoms with Gasteiger partial charge >= 0.3 is 0 Å². The molecule has 1 aliphatic carbocycles. The zero-order valence-electron chi connectivity index (χ0n) is 26.4. The lowest BCUT2D eigenvalue weighted by atomic mass is 10.0. The SMILES string of the molecule is CCOc1ccc(N(CC(=O)N(Cc2cccc(Cl)c2)[C@@H](Cc2ccccc2)C(=O)NC2CCCC2)S(=O)(=O)c2ccccc2)cc1. The molecule has 1 fully saturated rings. The first-order valence-corrected chi connectivity index (χ1v) is 17.7. The largest absolute Gasteiger partial charge is 0.494 e. The third-order valence-electron chi connectivity index (χ3n) is 8.26. The van der Waals surface area contributed by atoms with E-state index in [9.17, 15) is 18.0 Å². The molecule has 8 nitrogen and oxygen atoms in total. The van der Waals surface area contributed by atoms with Gasteiger partial charge in [0.1, 0.15) is 18.3 Å². The molecule has 0 bridgehead atoms. The van der Waals surface area contributed by atoms with Gasteiger partial charge in [-0.25, -0.2) is 8.42 Å². The van der Waals surface area contributed by atoms with Crippen LogP contribution < -0.4 is 14.4 Å². The molecule has 1 saturated carbocycles. The number of sulfonamides is 1. The van der Waals surface area contributed by atoms with Crippen molar-refractivity contribution in [1.29, 1.82) is 0 Å². The van der Waals surface area contributed by atoms with Gasteiger partial charge in [0, 0.05) is 24.0 Å². The molecule has 0 radical (unpaired) electrons. The smallest absolute Gasteiger partial charge is 0.264 e. The summed E-state index contributed by atoms with van der Waals surface area (Å²) in [7, 11) is -4.19. The second kappa shape index (κ2) is 16.0. The normalized spacial score (nSPS) is 13.9. The highest BCUT2D eigenvalue weighted by Gasteiger charge is 2.35. The third kappa shape index (κ3) is 8.93. The van der Waals surface area contributed by atoms with E-state index in [2.05, 4.69) is 5.32 Å². The summed E-state index contributed by atoms with van der Waals surface area (Å²) in [6.07, 6.45) is 4.08. The van der Waals surface area contributed by atoms with Crippen LogP contribution in [-0.4, -0.2) is 50.4 Å². The van der Waals surface area contributed by atoms with Crippen LogP contribution in [0.5, 0.6) is 5.75 Å². The van der Waals surface area contributed by atoms with Crippen molar-refractivity contribution in [3.8, 4) is 5.75 Å². The Labute approximate surface area is 282 Å². The molecule has 10 heteroatoms. The standard InChI is InChI=1S/C37H40ClN3O5S/c1-2-46-33-22-20-32(21-23-33)41(47(44,45)34-18-7-4-8-19-34)27-36(42)40(26-29-14-11-15-30(38)24-29)35(25-28-12-5-3-6-13-28)37(43)39-31-16-9-10-17-31/h3-8,11-15,18-24,31,35H,2,9-10,16-17,25-27H2,1H3,(H,39,43)/t35-/m0/s1. The summed E-state index contributed by atoms with van der Waals surface area (Å²) >= 11 is 6.34. The number of rotatable bonds is 14. The molecule has 0 aliphatic heterocycles. The fourth-order valence-corrected chi connectivity index (χ4v) is 7.53. The van der Waals surface area contributed by atoms with E-state index in [4.69, 9.17) is 16.3 Å². The van der Waals surface area contributed by atoms with E-state index in [0.717, 1.165) is 41.1 Å². The molecule has 47 heavy (non-hydrogen) atoms. The fourth-order valence-electron chi connectivity index (χ4n) is 5.88. The Morgan fingerprint density at radius 2 is 1.51 bits per heavy atom. The molecule has 1 N–H and O–H groups in total. The van der Waals surface area contributed by atoms with Crippen LogP contribution in [-0.2, 0) is 32.6 Å². The minimum atomic E-state index is -4.19. The maximum atomic E-state index is 14.6. The van der Waals surface area contributed by atoms with Crippen molar-refractivity contribution in [2.45, 2.75) is 62.6 Å². The molecule has 0 unspecified atom stereocenters. The first-order valence-electron chi connectivity index (χ1n) is 15.9. The Bertz CT molecular complexity index is 1730. The summed E-state index contributed by atoms with van der Waals surface area (Å²) in [5.41, 5.74) is 1.89. The van der Waals surface area contributed by atoms with Gasteiger partial charge in [0.2, 0.25) is 11.8 Å². The van der Waals surface area contributed by atoms with Crippen molar-refractivity contribution < 1.29 is 22.7 Å². The number of halogens is 1. The maximum absolute atomic E-state index is 14.6. The average Bonchev–Trinajstić information content (AvgIpc) is 3.59. The Hall–Kier alpha value is -4.34. The number of hydrogen-bond acceptors (Lipinski definition) is 5. The van der Waals surface area contributed by atoms with Gasteiger partial charge in [-0.15, -0.1) is 0 Å². The summed E-state index contributed by atoms with van der Waals surface area (Å²) in [6, 6.07) is 30.4. The number of nitrogens with zero attached hydrogens (tertiary/aromatic N) is 2. The van der Waals surface area contributed by atoms with Gasteiger partial charge in [0.15, 0.2) is 0 Å². The first-order chi connectivity index (χ1) is 22.7. The van der Waals surface area contributed by atoms with Crippen molar-refractivity contribution in [3.05, 3.63) is 125 Å². The molecule has 5 rings (SSSR count). The van der Waals surface area contributed by atoms with Crippen molar-refractivity contribution >= 4 is 39.1 Å². The minimum absolute atomic E-state index is 0.0303. The summed E-state index contributed by atoms with van der Waals surface area (Å²) in [6.45, 7) is 1.83. The molecule has 4 aromatic carbocycles. The van der Waals surface area contributed by atoms with Crippen LogP contribution in [0.1, 0.15) is 43.7 Å². The van der Waals surface area contributed by atoms with Crippen LogP contribution in [0.3, 0.4) is 0 Å². The van der Waals surface area contributed by atoms with Gasteiger partial charge in [0.25, 0.3) is 10.0 Å². The van der Waals surface area contributed by atoms with Crippen molar-refractivity contribution in [3.63, 3.8) is 0 Å². The molecule has 4 aromatic rings. The maximum Gasteiger partial charge on any atom is 0.264 e. The van der Waals surface area contributed by atoms with Crippen molar-refractivity contribution in [2.24, 2.45) is 0 Å². The molecule has 246 valence electrons. The van der Waals surface area contributed by atoms with Crippen LogP contribution in [0.15, 0.2) is 114 Å². The molecular formula is C37H40ClN3O5S. The Morgan fingerprint density at radius 1 is 0.872 bits per heavy atom. The van der Waals surface area contributed by atoms with E-state index >= 15 is 0 Å². The lowest BCUT2D eigenvalue weighted by molar-refractivity contribution is -0.140. The minimum Gasteiger partial charge on any atom is -0.494 e. The second-order valence-electron chi connectivity index (χ2n) is 11.6. The molecule has 0 spiro atoms. The van der Waals surface area contributed by atoms with E-state index in [1.54, 1.807) is 60.7 Å². The molecule has 1 aliphatic rings. The molecule has 2 amide bonds. The highest BCUT2D eigenvalue weighted by Crippen LogP contribution is 2.27. The number of ether oxygens (including phenoxy) is 1. The van der Waals surface area contributed by atoms with E-state index < -0.39 is 28.5 Å². The van der Waals surface area contributed by atoms with Crippen molar-refractivity contribution in [1.82, 2.24) is 10.2 Å². The predicted octanol–water partition coefficient (Wildman–Crippen LogP) is 6.63. The number of hydrogen-bond donors (Lipinski definition) is 1. The van der Waals surface area contributed by atoms with Crippen molar-refractivity contribution in [2.75, 3.05) is 17.5 Å². The van der Waals surface area contributed by atoms with Crippen LogP contribution in [0, 0.1) is 0 Å². The summed E-state index contributed by atoms with van der Waals surface area (Å²) in [5.74, 6) is -0.218. The zero-order chi connectivity index (χ0) is 33.2. The average molecular weight is 674 g/mol. The fraction of sp³-hybridized carbons (Fsp3) is 0.297. The summed E-state index contributed by atoms with van der Waals surface area (Å²) in [5, 5.41) is 3.68. The molecule has 0 aromatic heterocycles. The quantitative estimate of drug-likeness (QED) is 0.162. The number of amides is 2. The zero-order valence-corrected chi connectivity index (χ0v) is 28.0. The van der Waals surface area contributed by atoms with Crippen LogP contribution in [0.2, 0.25) is 5.02 Å². The molecular weight excluding hydrogens is 634 g/mol. The van der Waals surface area contributed by atoms with Crippen LogP contribution in [0.25, 0.3) is 0 Å². The number of carbonyl (C=O) groups excluding carboxylic acids is 2. The second-order valence-corrected chi connectivity index (χ2v) is 13.9. The number of anilines is 1. The Balaban J connectivity index is 1.56. The predicted molar refractivity (Wildman–Crippen MR) is 185 cm³/mol. The van der Waals surface area contributed by atoms with Gasteiger partial charge < -0.3 is 15.0 Å². The Kier molecular flexibility index (Phi) is 11.6.